The van der Waals surface area contributed by atoms with Crippen molar-refractivity contribution in [2.24, 2.45) is 0 Å². The highest BCUT2D eigenvalue weighted by molar-refractivity contribution is 7.89. The lowest BCUT2D eigenvalue weighted by Gasteiger charge is -2.16. The molecule has 9 nitrogen and oxygen atoms in total. The summed E-state index contributed by atoms with van der Waals surface area (Å²) in [5.74, 6) is -1.37. The van der Waals surface area contributed by atoms with Crippen molar-refractivity contribution in [1.82, 2.24) is 4.31 Å². The molecule has 10 heteroatoms. The summed E-state index contributed by atoms with van der Waals surface area (Å²) in [5, 5.41) is 2.52. The first kappa shape index (κ1) is 22.3. The summed E-state index contributed by atoms with van der Waals surface area (Å²) in [6.07, 6.45) is -1.18. The van der Waals surface area contributed by atoms with Crippen LogP contribution >= 0.6 is 0 Å². The van der Waals surface area contributed by atoms with E-state index in [4.69, 9.17) is 9.15 Å². The van der Waals surface area contributed by atoms with E-state index in [0.29, 0.717) is 5.56 Å². The number of carbonyl (C=O) groups excluding carboxylic acids is 2. The summed E-state index contributed by atoms with van der Waals surface area (Å²) >= 11 is 0. The van der Waals surface area contributed by atoms with E-state index in [2.05, 4.69) is 5.32 Å². The van der Waals surface area contributed by atoms with E-state index in [0.717, 1.165) is 10.4 Å². The summed E-state index contributed by atoms with van der Waals surface area (Å²) in [6, 6.07) is 6.87. The summed E-state index contributed by atoms with van der Waals surface area (Å²) in [5.41, 5.74) is 0.0927. The highest BCUT2D eigenvalue weighted by Gasteiger charge is 2.24. The quantitative estimate of drug-likeness (QED) is 0.703. The van der Waals surface area contributed by atoms with Crippen LogP contribution in [0.2, 0.25) is 0 Å². The van der Waals surface area contributed by atoms with Gasteiger partial charge in [0.15, 0.2) is 6.10 Å². The van der Waals surface area contributed by atoms with E-state index in [1.807, 2.05) is 0 Å². The second-order valence-electron chi connectivity index (χ2n) is 6.53. The van der Waals surface area contributed by atoms with Crippen molar-refractivity contribution in [3.63, 3.8) is 0 Å². The SMILES string of the molecule is Cc1cc(=O)oc(C)c1C(=O)O[C@@H](C)C(=O)Nc1cccc(S(=O)(=O)N(C)C)c1. The Labute approximate surface area is 168 Å². The Bertz CT molecular complexity index is 1080. The van der Waals surface area contributed by atoms with E-state index >= 15 is 0 Å². The van der Waals surface area contributed by atoms with Crippen LogP contribution in [0.3, 0.4) is 0 Å². The molecule has 1 aromatic carbocycles. The molecule has 0 radical (unpaired) electrons. The number of esters is 1. The second-order valence-corrected chi connectivity index (χ2v) is 8.68. The molecule has 1 heterocycles. The zero-order chi connectivity index (χ0) is 21.9. The van der Waals surface area contributed by atoms with Crippen molar-refractivity contribution in [2.45, 2.75) is 31.8 Å². The number of carbonyl (C=O) groups is 2. The third-order valence-corrected chi connectivity index (χ3v) is 5.88. The molecule has 29 heavy (non-hydrogen) atoms. The standard InChI is InChI=1S/C19H22N2O7S/c1-11-9-16(22)27-12(2)17(11)19(24)28-13(3)18(23)20-14-7-6-8-15(10-14)29(25,26)21(4)5/h6-10,13H,1-5H3,(H,20,23)/t13-/m0/s1. The number of amides is 1. The van der Waals surface area contributed by atoms with Crippen LogP contribution in [0.4, 0.5) is 5.69 Å². The molecule has 1 aromatic heterocycles. The largest absolute Gasteiger partial charge is 0.449 e. The number of rotatable bonds is 6. The Hall–Kier alpha value is -2.98. The van der Waals surface area contributed by atoms with Crippen molar-refractivity contribution < 1.29 is 27.2 Å². The predicted molar refractivity (Wildman–Crippen MR) is 105 cm³/mol. The fraction of sp³-hybridized carbons (Fsp3) is 0.316. The van der Waals surface area contributed by atoms with Crippen molar-refractivity contribution >= 4 is 27.6 Å². The lowest BCUT2D eigenvalue weighted by molar-refractivity contribution is -0.123. The Morgan fingerprint density at radius 1 is 1.17 bits per heavy atom. The number of ether oxygens (including phenoxy) is 1. The first-order chi connectivity index (χ1) is 13.4. The van der Waals surface area contributed by atoms with Crippen LogP contribution in [0, 0.1) is 13.8 Å². The number of aryl methyl sites for hydroxylation is 2. The zero-order valence-electron chi connectivity index (χ0n) is 16.7. The van der Waals surface area contributed by atoms with Gasteiger partial charge in [0.25, 0.3) is 5.91 Å². The van der Waals surface area contributed by atoms with Gasteiger partial charge < -0.3 is 14.5 Å². The van der Waals surface area contributed by atoms with Crippen LogP contribution in [0.15, 0.2) is 44.4 Å². The van der Waals surface area contributed by atoms with Gasteiger partial charge in [0, 0.05) is 25.8 Å². The predicted octanol–water partition coefficient (Wildman–Crippen LogP) is 1.69. The van der Waals surface area contributed by atoms with Crippen LogP contribution in [0.5, 0.6) is 0 Å². The average molecular weight is 422 g/mol. The van der Waals surface area contributed by atoms with Gasteiger partial charge in [-0.05, 0) is 44.5 Å². The molecule has 1 N–H and O–H groups in total. The minimum atomic E-state index is -3.66. The highest BCUT2D eigenvalue weighted by atomic mass is 32.2. The Kier molecular flexibility index (Phi) is 6.60. The van der Waals surface area contributed by atoms with E-state index in [1.54, 1.807) is 6.92 Å². The van der Waals surface area contributed by atoms with Crippen LogP contribution in [0.1, 0.15) is 28.6 Å². The third kappa shape index (κ3) is 5.09. The topological polar surface area (TPSA) is 123 Å². The number of sulfonamides is 1. The molecule has 0 unspecified atom stereocenters. The van der Waals surface area contributed by atoms with Gasteiger partial charge in [0.2, 0.25) is 10.0 Å². The molecule has 0 spiro atoms. The van der Waals surface area contributed by atoms with Crippen molar-refractivity contribution in [3.8, 4) is 0 Å². The maximum absolute atomic E-state index is 12.4. The zero-order valence-corrected chi connectivity index (χ0v) is 17.5. The smallest absolute Gasteiger partial charge is 0.342 e. The van der Waals surface area contributed by atoms with E-state index in [-0.39, 0.29) is 21.9 Å². The summed E-state index contributed by atoms with van der Waals surface area (Å²) in [4.78, 5) is 36.1. The lowest BCUT2D eigenvalue weighted by atomic mass is 10.1. The van der Waals surface area contributed by atoms with Gasteiger partial charge >= 0.3 is 11.6 Å². The van der Waals surface area contributed by atoms with Gasteiger partial charge in [-0.15, -0.1) is 0 Å². The molecule has 1 amide bonds. The lowest BCUT2D eigenvalue weighted by Crippen LogP contribution is -2.30. The van der Waals surface area contributed by atoms with Crippen LogP contribution < -0.4 is 10.9 Å². The second kappa shape index (κ2) is 8.58. The summed E-state index contributed by atoms with van der Waals surface area (Å²) in [6.45, 7) is 4.38. The Morgan fingerprint density at radius 2 is 1.83 bits per heavy atom. The van der Waals surface area contributed by atoms with Gasteiger partial charge in [-0.1, -0.05) is 6.07 Å². The molecule has 156 valence electrons. The van der Waals surface area contributed by atoms with Gasteiger partial charge in [0.05, 0.1) is 4.90 Å². The number of hydrogen-bond donors (Lipinski definition) is 1. The Morgan fingerprint density at radius 3 is 2.41 bits per heavy atom. The van der Waals surface area contributed by atoms with Crippen molar-refractivity contribution in [1.29, 1.82) is 0 Å². The number of benzene rings is 1. The molecule has 2 aromatic rings. The molecule has 2 rings (SSSR count). The first-order valence-electron chi connectivity index (χ1n) is 8.59. The van der Waals surface area contributed by atoms with E-state index in [1.165, 1.54) is 52.2 Å². The summed E-state index contributed by atoms with van der Waals surface area (Å²) in [7, 11) is -0.862. The minimum Gasteiger partial charge on any atom is -0.449 e. The molecule has 0 aliphatic carbocycles. The molecule has 0 saturated carbocycles. The molecular weight excluding hydrogens is 400 g/mol. The maximum Gasteiger partial charge on any atom is 0.342 e. The fourth-order valence-corrected chi connectivity index (χ4v) is 3.47. The van der Waals surface area contributed by atoms with Gasteiger partial charge in [-0.2, -0.15) is 0 Å². The third-order valence-electron chi connectivity index (χ3n) is 4.07. The molecule has 0 saturated heterocycles. The molecule has 0 fully saturated rings. The molecule has 0 aliphatic rings. The number of nitrogens with one attached hydrogen (secondary N) is 1. The first-order valence-corrected chi connectivity index (χ1v) is 10.0. The van der Waals surface area contributed by atoms with Crippen molar-refractivity contribution in [3.05, 3.63) is 57.6 Å². The monoisotopic (exact) mass is 422 g/mol. The number of nitrogens with zero attached hydrogens (tertiary/aromatic N) is 1. The average Bonchev–Trinajstić information content (AvgIpc) is 2.60. The minimum absolute atomic E-state index is 0.00973. The Balaban J connectivity index is 2.14. The van der Waals surface area contributed by atoms with Crippen LogP contribution in [-0.4, -0.2) is 44.8 Å². The molecule has 0 bridgehead atoms. The van der Waals surface area contributed by atoms with E-state index < -0.39 is 33.6 Å². The van der Waals surface area contributed by atoms with Gasteiger partial charge in [-0.3, -0.25) is 4.79 Å². The van der Waals surface area contributed by atoms with E-state index in [9.17, 15) is 22.8 Å². The highest BCUT2D eigenvalue weighted by Crippen LogP contribution is 2.19. The number of anilines is 1. The summed E-state index contributed by atoms with van der Waals surface area (Å²) < 4.78 is 35.5. The molecular formula is C19H22N2O7S. The van der Waals surface area contributed by atoms with Crippen LogP contribution in [0.25, 0.3) is 0 Å². The van der Waals surface area contributed by atoms with Gasteiger partial charge in [0.1, 0.15) is 11.3 Å². The number of hydrogen-bond acceptors (Lipinski definition) is 7. The normalized spacial score (nSPS) is 12.5. The molecule has 1 atom stereocenters. The molecule has 0 aliphatic heterocycles. The van der Waals surface area contributed by atoms with Gasteiger partial charge in [-0.25, -0.2) is 22.3 Å². The fourth-order valence-electron chi connectivity index (χ4n) is 2.52. The van der Waals surface area contributed by atoms with Crippen LogP contribution in [-0.2, 0) is 19.6 Å². The van der Waals surface area contributed by atoms with Crippen molar-refractivity contribution in [2.75, 3.05) is 19.4 Å². The maximum atomic E-state index is 12.4.